The Bertz CT molecular complexity index is 782. The van der Waals surface area contributed by atoms with Crippen molar-refractivity contribution in [3.05, 3.63) is 47.9 Å². The number of para-hydroxylation sites is 1. The highest BCUT2D eigenvalue weighted by atomic mass is 16.5. The van der Waals surface area contributed by atoms with E-state index >= 15 is 0 Å². The van der Waals surface area contributed by atoms with Gasteiger partial charge in [-0.15, -0.1) is 0 Å². The second-order valence-electron chi connectivity index (χ2n) is 7.70. The number of carbonyl (C=O) groups is 1. The molecule has 1 saturated heterocycles. The van der Waals surface area contributed by atoms with Gasteiger partial charge in [-0.3, -0.25) is 9.69 Å². The van der Waals surface area contributed by atoms with E-state index in [0.29, 0.717) is 19.1 Å². The van der Waals surface area contributed by atoms with Crippen LogP contribution in [0.2, 0.25) is 0 Å². The van der Waals surface area contributed by atoms with E-state index in [4.69, 9.17) is 13.9 Å². The van der Waals surface area contributed by atoms with E-state index in [1.807, 2.05) is 24.3 Å². The minimum Gasteiger partial charge on any atom is -0.493 e. The van der Waals surface area contributed by atoms with Gasteiger partial charge in [0, 0.05) is 18.4 Å². The van der Waals surface area contributed by atoms with Crippen molar-refractivity contribution in [3.63, 3.8) is 0 Å². The highest BCUT2D eigenvalue weighted by Gasteiger charge is 2.27. The zero-order valence-electron chi connectivity index (χ0n) is 16.4. The number of ether oxygens (including phenoxy) is 2. The van der Waals surface area contributed by atoms with E-state index in [0.717, 1.165) is 61.7 Å². The molecular formula is C22H28N2O4. The number of rotatable bonds is 6. The number of methoxy groups -OCH3 is 1. The summed E-state index contributed by atoms with van der Waals surface area (Å²) in [6, 6.07) is 9.88. The molecule has 2 aliphatic heterocycles. The Balaban J connectivity index is 1.22. The lowest BCUT2D eigenvalue weighted by Crippen LogP contribution is -2.42. The lowest BCUT2D eigenvalue weighted by molar-refractivity contribution is -0.126. The molecule has 2 aliphatic rings. The largest absolute Gasteiger partial charge is 0.493 e. The van der Waals surface area contributed by atoms with Crippen LogP contribution in [0.4, 0.5) is 0 Å². The summed E-state index contributed by atoms with van der Waals surface area (Å²) in [5.74, 6) is 3.18. The molecule has 150 valence electrons. The minimum absolute atomic E-state index is 0.102. The normalized spacial score (nSPS) is 20.2. The maximum atomic E-state index is 12.6. The quantitative estimate of drug-likeness (QED) is 0.830. The zero-order chi connectivity index (χ0) is 19.3. The van der Waals surface area contributed by atoms with Gasteiger partial charge in [0.1, 0.15) is 5.76 Å². The van der Waals surface area contributed by atoms with Crippen molar-refractivity contribution in [3.8, 4) is 11.5 Å². The van der Waals surface area contributed by atoms with Crippen LogP contribution in [0.1, 0.15) is 24.2 Å². The monoisotopic (exact) mass is 384 g/mol. The molecule has 6 nitrogen and oxygen atoms in total. The third-order valence-corrected chi connectivity index (χ3v) is 5.74. The van der Waals surface area contributed by atoms with E-state index in [9.17, 15) is 4.79 Å². The number of fused-ring (bicyclic) bond motifs is 1. The smallest absolute Gasteiger partial charge is 0.223 e. The topological polar surface area (TPSA) is 63.9 Å². The molecule has 0 radical (unpaired) electrons. The standard InChI is InChI=1S/C22H28N2O4/c1-26-20-6-2-4-18-12-16(15-28-21(18)20)13-23-22(25)17-7-9-24(10-8-17)14-19-5-3-11-27-19/h2-6,11,16-17H,7-10,12-15H2,1H3,(H,23,25)/t16-/m0/s1. The number of benzene rings is 1. The van der Waals surface area contributed by atoms with Crippen LogP contribution in [0.5, 0.6) is 11.5 Å². The molecule has 28 heavy (non-hydrogen) atoms. The summed E-state index contributed by atoms with van der Waals surface area (Å²) in [4.78, 5) is 15.0. The summed E-state index contributed by atoms with van der Waals surface area (Å²) in [5, 5.41) is 3.15. The Morgan fingerprint density at radius 1 is 1.25 bits per heavy atom. The molecule has 2 aromatic rings. The fraction of sp³-hybridized carbons (Fsp3) is 0.500. The second kappa shape index (κ2) is 8.69. The molecule has 1 aromatic carbocycles. The fourth-order valence-electron chi connectivity index (χ4n) is 4.11. The van der Waals surface area contributed by atoms with Gasteiger partial charge in [-0.2, -0.15) is 0 Å². The highest BCUT2D eigenvalue weighted by molar-refractivity contribution is 5.78. The Kier molecular flexibility index (Phi) is 5.86. The van der Waals surface area contributed by atoms with Crippen LogP contribution in [0, 0.1) is 11.8 Å². The number of hydrogen-bond donors (Lipinski definition) is 1. The van der Waals surface area contributed by atoms with Crippen LogP contribution in [-0.4, -0.2) is 44.2 Å². The van der Waals surface area contributed by atoms with Crippen molar-refractivity contribution in [2.75, 3.05) is 33.4 Å². The maximum absolute atomic E-state index is 12.6. The average Bonchev–Trinajstić information content (AvgIpc) is 3.25. The molecule has 0 aliphatic carbocycles. The maximum Gasteiger partial charge on any atom is 0.223 e. The van der Waals surface area contributed by atoms with Gasteiger partial charge >= 0.3 is 0 Å². The molecule has 0 bridgehead atoms. The third-order valence-electron chi connectivity index (χ3n) is 5.74. The van der Waals surface area contributed by atoms with E-state index < -0.39 is 0 Å². The van der Waals surface area contributed by atoms with E-state index in [1.165, 1.54) is 0 Å². The number of amides is 1. The number of carbonyl (C=O) groups excluding carboxylic acids is 1. The summed E-state index contributed by atoms with van der Waals surface area (Å²) in [6.07, 6.45) is 4.40. The molecule has 6 heteroatoms. The molecule has 1 atom stereocenters. The first-order valence-corrected chi connectivity index (χ1v) is 10.0. The first-order valence-electron chi connectivity index (χ1n) is 10.0. The Hall–Kier alpha value is -2.47. The Labute approximate surface area is 165 Å². The number of hydrogen-bond acceptors (Lipinski definition) is 5. The molecule has 4 rings (SSSR count). The van der Waals surface area contributed by atoms with Gasteiger partial charge in [-0.25, -0.2) is 0 Å². The van der Waals surface area contributed by atoms with Crippen molar-refractivity contribution in [2.45, 2.75) is 25.8 Å². The zero-order valence-corrected chi connectivity index (χ0v) is 16.4. The van der Waals surface area contributed by atoms with Crippen molar-refractivity contribution in [2.24, 2.45) is 11.8 Å². The van der Waals surface area contributed by atoms with Crippen LogP contribution in [0.3, 0.4) is 0 Å². The Morgan fingerprint density at radius 2 is 2.11 bits per heavy atom. The summed E-state index contributed by atoms with van der Waals surface area (Å²) in [5.41, 5.74) is 1.15. The third kappa shape index (κ3) is 4.33. The van der Waals surface area contributed by atoms with Crippen LogP contribution in [0.15, 0.2) is 41.0 Å². The predicted molar refractivity (Wildman–Crippen MR) is 105 cm³/mol. The number of nitrogens with zero attached hydrogens (tertiary/aromatic N) is 1. The van der Waals surface area contributed by atoms with Crippen molar-refractivity contribution in [1.82, 2.24) is 10.2 Å². The Morgan fingerprint density at radius 3 is 2.86 bits per heavy atom. The first kappa shape index (κ1) is 18.9. The molecule has 1 amide bonds. The molecule has 0 unspecified atom stereocenters. The minimum atomic E-state index is 0.102. The number of nitrogens with one attached hydrogen (secondary N) is 1. The van der Waals surface area contributed by atoms with E-state index in [2.05, 4.69) is 16.3 Å². The van der Waals surface area contributed by atoms with E-state index in [1.54, 1.807) is 13.4 Å². The van der Waals surface area contributed by atoms with Crippen LogP contribution < -0.4 is 14.8 Å². The van der Waals surface area contributed by atoms with Gasteiger partial charge in [-0.1, -0.05) is 12.1 Å². The van der Waals surface area contributed by atoms with Crippen LogP contribution in [-0.2, 0) is 17.8 Å². The van der Waals surface area contributed by atoms with Crippen molar-refractivity contribution >= 4 is 5.91 Å². The van der Waals surface area contributed by atoms with Crippen molar-refractivity contribution < 1.29 is 18.7 Å². The van der Waals surface area contributed by atoms with Crippen molar-refractivity contribution in [1.29, 1.82) is 0 Å². The summed E-state index contributed by atoms with van der Waals surface area (Å²) < 4.78 is 16.7. The van der Waals surface area contributed by atoms with Gasteiger partial charge in [0.2, 0.25) is 5.91 Å². The molecule has 0 spiro atoms. The molecule has 1 N–H and O–H groups in total. The molecule has 3 heterocycles. The average molecular weight is 384 g/mol. The SMILES string of the molecule is COc1cccc2c1OC[C@H](CNC(=O)C1CCN(Cc3ccco3)CC1)C2. The lowest BCUT2D eigenvalue weighted by atomic mass is 9.94. The van der Waals surface area contributed by atoms with Crippen LogP contribution in [0.25, 0.3) is 0 Å². The number of piperidine rings is 1. The van der Waals surface area contributed by atoms with Gasteiger partial charge in [0.15, 0.2) is 11.5 Å². The molecule has 1 aromatic heterocycles. The fourth-order valence-corrected chi connectivity index (χ4v) is 4.11. The highest BCUT2D eigenvalue weighted by Crippen LogP contribution is 2.35. The number of furan rings is 1. The van der Waals surface area contributed by atoms with E-state index in [-0.39, 0.29) is 11.8 Å². The molecule has 0 saturated carbocycles. The number of likely N-dealkylation sites (tertiary alicyclic amines) is 1. The van der Waals surface area contributed by atoms with Gasteiger partial charge in [0.25, 0.3) is 0 Å². The van der Waals surface area contributed by atoms with Gasteiger partial charge in [0.05, 0.1) is 26.5 Å². The summed E-state index contributed by atoms with van der Waals surface area (Å²) in [6.45, 7) is 3.94. The van der Waals surface area contributed by atoms with Gasteiger partial charge in [-0.05, 0) is 56.1 Å². The second-order valence-corrected chi connectivity index (χ2v) is 7.70. The predicted octanol–water partition coefficient (Wildman–Crippen LogP) is 2.87. The molecule has 1 fully saturated rings. The lowest BCUT2D eigenvalue weighted by Gasteiger charge is -2.31. The van der Waals surface area contributed by atoms with Gasteiger partial charge < -0.3 is 19.2 Å². The molecular weight excluding hydrogens is 356 g/mol. The first-order chi connectivity index (χ1) is 13.7. The van der Waals surface area contributed by atoms with Crippen LogP contribution >= 0.6 is 0 Å². The summed E-state index contributed by atoms with van der Waals surface area (Å²) in [7, 11) is 1.66. The summed E-state index contributed by atoms with van der Waals surface area (Å²) >= 11 is 0.